The monoisotopic (exact) mass is 336 g/mol. The average Bonchev–Trinajstić information content (AvgIpc) is 2.42. The van der Waals surface area contributed by atoms with Gasteiger partial charge in [0.1, 0.15) is 0 Å². The molecule has 0 aromatic heterocycles. The third-order valence-corrected chi connectivity index (χ3v) is 3.57. The molecule has 0 atom stereocenters. The summed E-state index contributed by atoms with van der Waals surface area (Å²) in [5, 5.41) is 6.31. The SMILES string of the molecule is CC(=O)Nc1cccc(NC(=O)Cc2c(Cl)cccc2Cl)c1. The summed E-state index contributed by atoms with van der Waals surface area (Å²) < 4.78 is 0. The second kappa shape index (κ2) is 7.29. The molecule has 0 aliphatic rings. The van der Waals surface area contributed by atoms with E-state index in [-0.39, 0.29) is 18.2 Å². The molecule has 4 nitrogen and oxygen atoms in total. The third kappa shape index (κ3) is 4.48. The number of halogens is 2. The molecule has 0 radical (unpaired) electrons. The van der Waals surface area contributed by atoms with Crippen LogP contribution in [0.3, 0.4) is 0 Å². The van der Waals surface area contributed by atoms with Gasteiger partial charge in [-0.05, 0) is 35.9 Å². The van der Waals surface area contributed by atoms with E-state index in [0.717, 1.165) is 0 Å². The summed E-state index contributed by atoms with van der Waals surface area (Å²) in [5.74, 6) is -0.415. The summed E-state index contributed by atoms with van der Waals surface area (Å²) in [6.45, 7) is 1.42. The van der Waals surface area contributed by atoms with E-state index in [2.05, 4.69) is 10.6 Å². The summed E-state index contributed by atoms with van der Waals surface area (Å²) in [5.41, 5.74) is 1.78. The normalized spacial score (nSPS) is 10.1. The molecular weight excluding hydrogens is 323 g/mol. The summed E-state index contributed by atoms with van der Waals surface area (Å²) in [6.07, 6.45) is 0.0723. The molecule has 2 rings (SSSR count). The maximum atomic E-state index is 12.1. The molecule has 22 heavy (non-hydrogen) atoms. The van der Waals surface area contributed by atoms with E-state index >= 15 is 0 Å². The van der Waals surface area contributed by atoms with Crippen molar-refractivity contribution in [3.05, 3.63) is 58.1 Å². The Balaban J connectivity index is 2.08. The minimum Gasteiger partial charge on any atom is -0.326 e. The molecule has 2 N–H and O–H groups in total. The largest absolute Gasteiger partial charge is 0.326 e. The molecule has 0 saturated heterocycles. The minimum atomic E-state index is -0.241. The molecule has 0 heterocycles. The predicted octanol–water partition coefficient (Wildman–Crippen LogP) is 4.13. The lowest BCUT2D eigenvalue weighted by Gasteiger charge is -2.09. The topological polar surface area (TPSA) is 58.2 Å². The fraction of sp³-hybridized carbons (Fsp3) is 0.125. The molecule has 0 aliphatic carbocycles. The second-order valence-electron chi connectivity index (χ2n) is 4.69. The number of hydrogen-bond donors (Lipinski definition) is 2. The van der Waals surface area contributed by atoms with Crippen LogP contribution >= 0.6 is 23.2 Å². The lowest BCUT2D eigenvalue weighted by atomic mass is 10.1. The van der Waals surface area contributed by atoms with Gasteiger partial charge in [-0.25, -0.2) is 0 Å². The summed E-state index contributed by atoms with van der Waals surface area (Å²) >= 11 is 12.1. The van der Waals surface area contributed by atoms with E-state index in [4.69, 9.17) is 23.2 Å². The van der Waals surface area contributed by atoms with E-state index in [9.17, 15) is 9.59 Å². The highest BCUT2D eigenvalue weighted by atomic mass is 35.5. The van der Waals surface area contributed by atoms with Crippen molar-refractivity contribution in [3.8, 4) is 0 Å². The minimum absolute atomic E-state index is 0.0723. The van der Waals surface area contributed by atoms with Crippen LogP contribution in [0.5, 0.6) is 0 Å². The summed E-state index contributed by atoms with van der Waals surface area (Å²) in [4.78, 5) is 23.1. The molecule has 0 fully saturated rings. The molecule has 2 amide bonds. The Bertz CT molecular complexity index is 697. The molecule has 0 bridgehead atoms. The van der Waals surface area contributed by atoms with Crippen LogP contribution in [0.15, 0.2) is 42.5 Å². The zero-order valence-electron chi connectivity index (χ0n) is 11.8. The Morgan fingerprint density at radius 3 is 2.09 bits per heavy atom. The lowest BCUT2D eigenvalue weighted by molar-refractivity contribution is -0.115. The van der Waals surface area contributed by atoms with Crippen LogP contribution in [0.2, 0.25) is 10.0 Å². The number of benzene rings is 2. The number of hydrogen-bond acceptors (Lipinski definition) is 2. The first kappa shape index (κ1) is 16.3. The van der Waals surface area contributed by atoms with E-state index in [1.54, 1.807) is 42.5 Å². The fourth-order valence-electron chi connectivity index (χ4n) is 1.94. The zero-order chi connectivity index (χ0) is 16.1. The van der Waals surface area contributed by atoms with E-state index in [1.165, 1.54) is 6.92 Å². The number of carbonyl (C=O) groups is 2. The first-order valence-corrected chi connectivity index (χ1v) is 7.31. The first-order chi connectivity index (χ1) is 10.5. The van der Waals surface area contributed by atoms with Crippen LogP contribution in [-0.2, 0) is 16.0 Å². The standard InChI is InChI=1S/C16H14Cl2N2O2/c1-10(21)19-11-4-2-5-12(8-11)20-16(22)9-13-14(17)6-3-7-15(13)18/h2-8H,9H2,1H3,(H,19,21)(H,20,22). The van der Waals surface area contributed by atoms with Crippen LogP contribution < -0.4 is 10.6 Å². The Kier molecular flexibility index (Phi) is 5.41. The van der Waals surface area contributed by atoms with Gasteiger partial charge in [-0.2, -0.15) is 0 Å². The average molecular weight is 337 g/mol. The molecule has 6 heteroatoms. The highest BCUT2D eigenvalue weighted by molar-refractivity contribution is 6.36. The van der Waals surface area contributed by atoms with Gasteiger partial charge in [-0.1, -0.05) is 35.3 Å². The van der Waals surface area contributed by atoms with Gasteiger partial charge in [-0.15, -0.1) is 0 Å². The van der Waals surface area contributed by atoms with Gasteiger partial charge in [0.2, 0.25) is 11.8 Å². The zero-order valence-corrected chi connectivity index (χ0v) is 13.3. The van der Waals surface area contributed by atoms with Crippen molar-refractivity contribution in [2.45, 2.75) is 13.3 Å². The van der Waals surface area contributed by atoms with Gasteiger partial charge in [0, 0.05) is 28.3 Å². The molecule has 2 aromatic carbocycles. The molecule has 2 aromatic rings. The third-order valence-electron chi connectivity index (χ3n) is 2.87. The van der Waals surface area contributed by atoms with E-state index < -0.39 is 0 Å². The molecule has 0 spiro atoms. The van der Waals surface area contributed by atoms with Gasteiger partial charge >= 0.3 is 0 Å². The number of rotatable bonds is 4. The van der Waals surface area contributed by atoms with Crippen LogP contribution in [-0.4, -0.2) is 11.8 Å². The molecule has 0 saturated carbocycles. The van der Waals surface area contributed by atoms with Gasteiger partial charge < -0.3 is 10.6 Å². The van der Waals surface area contributed by atoms with Crippen LogP contribution in [0.25, 0.3) is 0 Å². The Hall–Kier alpha value is -2.04. The second-order valence-corrected chi connectivity index (χ2v) is 5.50. The van der Waals surface area contributed by atoms with Crippen LogP contribution in [0.1, 0.15) is 12.5 Å². The smallest absolute Gasteiger partial charge is 0.228 e. The van der Waals surface area contributed by atoms with Crippen molar-refractivity contribution in [1.29, 1.82) is 0 Å². The van der Waals surface area contributed by atoms with Crippen molar-refractivity contribution < 1.29 is 9.59 Å². The first-order valence-electron chi connectivity index (χ1n) is 6.56. The quantitative estimate of drug-likeness (QED) is 0.881. The molecule has 0 aliphatic heterocycles. The number of carbonyl (C=O) groups excluding carboxylic acids is 2. The molecular formula is C16H14Cl2N2O2. The van der Waals surface area contributed by atoms with Crippen LogP contribution in [0, 0.1) is 0 Å². The molecule has 0 unspecified atom stereocenters. The van der Waals surface area contributed by atoms with Crippen molar-refractivity contribution in [2.24, 2.45) is 0 Å². The lowest BCUT2D eigenvalue weighted by Crippen LogP contribution is -2.15. The maximum Gasteiger partial charge on any atom is 0.228 e. The van der Waals surface area contributed by atoms with Crippen LogP contribution in [0.4, 0.5) is 11.4 Å². The van der Waals surface area contributed by atoms with E-state index in [0.29, 0.717) is 27.0 Å². The van der Waals surface area contributed by atoms with Crippen molar-refractivity contribution >= 4 is 46.4 Å². The number of nitrogens with one attached hydrogen (secondary N) is 2. The van der Waals surface area contributed by atoms with Crippen molar-refractivity contribution in [2.75, 3.05) is 10.6 Å². The van der Waals surface area contributed by atoms with Gasteiger partial charge in [0.15, 0.2) is 0 Å². The number of anilines is 2. The van der Waals surface area contributed by atoms with Crippen molar-refractivity contribution in [1.82, 2.24) is 0 Å². The van der Waals surface area contributed by atoms with Gasteiger partial charge in [0.25, 0.3) is 0 Å². The Morgan fingerprint density at radius 2 is 1.50 bits per heavy atom. The fourth-order valence-corrected chi connectivity index (χ4v) is 2.48. The van der Waals surface area contributed by atoms with Gasteiger partial charge in [0.05, 0.1) is 6.42 Å². The summed E-state index contributed by atoms with van der Waals surface area (Å²) in [6, 6.07) is 12.0. The van der Waals surface area contributed by atoms with E-state index in [1.807, 2.05) is 0 Å². The highest BCUT2D eigenvalue weighted by Gasteiger charge is 2.11. The Morgan fingerprint density at radius 1 is 0.955 bits per heavy atom. The van der Waals surface area contributed by atoms with Gasteiger partial charge in [-0.3, -0.25) is 9.59 Å². The van der Waals surface area contributed by atoms with Crippen molar-refractivity contribution in [3.63, 3.8) is 0 Å². The molecule has 114 valence electrons. The highest BCUT2D eigenvalue weighted by Crippen LogP contribution is 2.25. The predicted molar refractivity (Wildman–Crippen MR) is 89.5 cm³/mol. The number of amides is 2. The maximum absolute atomic E-state index is 12.1. The Labute approximate surface area is 138 Å². The summed E-state index contributed by atoms with van der Waals surface area (Å²) in [7, 11) is 0.